The van der Waals surface area contributed by atoms with Crippen molar-refractivity contribution in [2.24, 2.45) is 0 Å². The maximum atomic E-state index is 12.1. The normalized spacial score (nSPS) is 13.8. The van der Waals surface area contributed by atoms with Crippen LogP contribution in [0.15, 0.2) is 42.5 Å². The topological polar surface area (TPSA) is 58.6 Å². The van der Waals surface area contributed by atoms with Crippen LogP contribution in [0.25, 0.3) is 0 Å². The van der Waals surface area contributed by atoms with Crippen molar-refractivity contribution in [2.45, 2.75) is 12.8 Å². The first-order valence-corrected chi connectivity index (χ1v) is 8.56. The highest BCUT2D eigenvalue weighted by molar-refractivity contribution is 6.34. The molecule has 1 N–H and O–H groups in total. The number of nitrogens with one attached hydrogen (secondary N) is 1. The van der Waals surface area contributed by atoms with Crippen LogP contribution in [-0.2, 0) is 9.59 Å². The molecule has 25 heavy (non-hydrogen) atoms. The van der Waals surface area contributed by atoms with Crippen LogP contribution in [-0.4, -0.2) is 25.0 Å². The Balaban J connectivity index is 1.60. The standard InChI is InChI=1S/C18H16Cl2N2O3/c19-12-7-13(20)9-16(8-12)25-11-17(23)21-14-3-1-4-15(10-14)22-6-2-5-18(22)24/h1,3-4,7-10H,2,5-6,11H2,(H,21,23). The number of ether oxygens (including phenoxy) is 1. The first-order valence-electron chi connectivity index (χ1n) is 7.80. The van der Waals surface area contributed by atoms with E-state index in [0.717, 1.165) is 12.1 Å². The number of carbonyl (C=O) groups is 2. The second-order valence-electron chi connectivity index (χ2n) is 5.64. The third-order valence-electron chi connectivity index (χ3n) is 3.72. The fourth-order valence-electron chi connectivity index (χ4n) is 2.63. The highest BCUT2D eigenvalue weighted by atomic mass is 35.5. The number of halogens is 2. The van der Waals surface area contributed by atoms with Gasteiger partial charge < -0.3 is 15.0 Å². The van der Waals surface area contributed by atoms with Crippen LogP contribution in [0.1, 0.15) is 12.8 Å². The lowest BCUT2D eigenvalue weighted by Gasteiger charge is -2.16. The second-order valence-corrected chi connectivity index (χ2v) is 6.51. The molecule has 7 heteroatoms. The van der Waals surface area contributed by atoms with E-state index >= 15 is 0 Å². The molecule has 2 amide bonds. The van der Waals surface area contributed by atoms with Crippen molar-refractivity contribution in [3.63, 3.8) is 0 Å². The molecule has 2 aromatic carbocycles. The van der Waals surface area contributed by atoms with Crippen molar-refractivity contribution in [1.82, 2.24) is 0 Å². The second kappa shape index (κ2) is 7.76. The maximum Gasteiger partial charge on any atom is 0.262 e. The zero-order valence-corrected chi connectivity index (χ0v) is 14.8. The Bertz CT molecular complexity index is 790. The van der Waals surface area contributed by atoms with E-state index in [1.165, 1.54) is 0 Å². The van der Waals surface area contributed by atoms with Crippen LogP contribution in [0, 0.1) is 0 Å². The van der Waals surface area contributed by atoms with Gasteiger partial charge in [-0.3, -0.25) is 9.59 Å². The first kappa shape index (κ1) is 17.6. The van der Waals surface area contributed by atoms with Crippen molar-refractivity contribution < 1.29 is 14.3 Å². The monoisotopic (exact) mass is 378 g/mol. The fourth-order valence-corrected chi connectivity index (χ4v) is 3.14. The Morgan fingerprint density at radius 2 is 1.92 bits per heavy atom. The van der Waals surface area contributed by atoms with E-state index in [9.17, 15) is 9.59 Å². The molecular formula is C18H16Cl2N2O3. The summed E-state index contributed by atoms with van der Waals surface area (Å²) in [5, 5.41) is 3.62. The van der Waals surface area contributed by atoms with E-state index in [0.29, 0.717) is 34.4 Å². The number of rotatable bonds is 5. The average Bonchev–Trinajstić information content (AvgIpc) is 2.98. The lowest BCUT2D eigenvalue weighted by molar-refractivity contribution is -0.118. The SMILES string of the molecule is O=C(COc1cc(Cl)cc(Cl)c1)Nc1cccc(N2CCCC2=O)c1. The molecule has 2 aromatic rings. The Hall–Kier alpha value is -2.24. The number of nitrogens with zero attached hydrogens (tertiary/aromatic N) is 1. The Morgan fingerprint density at radius 1 is 1.16 bits per heavy atom. The number of anilines is 2. The van der Waals surface area contributed by atoms with E-state index < -0.39 is 0 Å². The van der Waals surface area contributed by atoms with Crippen molar-refractivity contribution >= 4 is 46.4 Å². The largest absolute Gasteiger partial charge is 0.484 e. The zero-order chi connectivity index (χ0) is 17.8. The van der Waals surface area contributed by atoms with Crippen molar-refractivity contribution in [3.8, 4) is 5.75 Å². The number of hydrogen-bond donors (Lipinski definition) is 1. The quantitative estimate of drug-likeness (QED) is 0.850. The van der Waals surface area contributed by atoms with Gasteiger partial charge in [-0.15, -0.1) is 0 Å². The molecule has 0 aromatic heterocycles. The predicted molar refractivity (Wildman–Crippen MR) is 98.6 cm³/mol. The molecule has 5 nitrogen and oxygen atoms in total. The fraction of sp³-hybridized carbons (Fsp3) is 0.222. The molecule has 0 spiro atoms. The first-order chi connectivity index (χ1) is 12.0. The number of hydrogen-bond acceptors (Lipinski definition) is 3. The van der Waals surface area contributed by atoms with Gasteiger partial charge >= 0.3 is 0 Å². The maximum absolute atomic E-state index is 12.1. The van der Waals surface area contributed by atoms with Gasteiger partial charge in [0.15, 0.2) is 6.61 Å². The third kappa shape index (κ3) is 4.65. The van der Waals surface area contributed by atoms with Crippen molar-refractivity contribution in [2.75, 3.05) is 23.4 Å². The summed E-state index contributed by atoms with van der Waals surface area (Å²) in [4.78, 5) is 25.6. The molecule has 1 heterocycles. The summed E-state index contributed by atoms with van der Waals surface area (Å²) >= 11 is 11.8. The van der Waals surface area contributed by atoms with Gasteiger partial charge in [0.25, 0.3) is 5.91 Å². The lowest BCUT2D eigenvalue weighted by atomic mass is 10.2. The van der Waals surface area contributed by atoms with E-state index in [2.05, 4.69) is 5.32 Å². The third-order valence-corrected chi connectivity index (χ3v) is 4.16. The number of carbonyl (C=O) groups excluding carboxylic acids is 2. The van der Waals surface area contributed by atoms with Gasteiger partial charge in [0.2, 0.25) is 5.91 Å². The minimum Gasteiger partial charge on any atom is -0.484 e. The van der Waals surface area contributed by atoms with E-state index in [1.54, 1.807) is 41.3 Å². The highest BCUT2D eigenvalue weighted by Crippen LogP contribution is 2.25. The van der Waals surface area contributed by atoms with Gasteiger partial charge in [0.1, 0.15) is 5.75 Å². The number of amides is 2. The van der Waals surface area contributed by atoms with Gasteiger partial charge in [-0.05, 0) is 42.8 Å². The summed E-state index contributed by atoms with van der Waals surface area (Å²) in [6.45, 7) is 0.526. The average molecular weight is 379 g/mol. The molecular weight excluding hydrogens is 363 g/mol. The smallest absolute Gasteiger partial charge is 0.262 e. The minimum absolute atomic E-state index is 0.102. The molecule has 0 bridgehead atoms. The Morgan fingerprint density at radius 3 is 2.60 bits per heavy atom. The highest BCUT2D eigenvalue weighted by Gasteiger charge is 2.21. The summed E-state index contributed by atoms with van der Waals surface area (Å²) in [5.74, 6) is 0.203. The molecule has 0 aliphatic carbocycles. The molecule has 0 radical (unpaired) electrons. The van der Waals surface area contributed by atoms with Crippen LogP contribution < -0.4 is 15.0 Å². The Kier molecular flexibility index (Phi) is 5.46. The van der Waals surface area contributed by atoms with Gasteiger partial charge in [-0.2, -0.15) is 0 Å². The van der Waals surface area contributed by atoms with Crippen molar-refractivity contribution in [3.05, 3.63) is 52.5 Å². The summed E-state index contributed by atoms with van der Waals surface area (Å²) in [5.41, 5.74) is 1.39. The van der Waals surface area contributed by atoms with Gasteiger partial charge in [-0.1, -0.05) is 29.3 Å². The van der Waals surface area contributed by atoms with Gasteiger partial charge in [0.05, 0.1) is 0 Å². The van der Waals surface area contributed by atoms with E-state index in [4.69, 9.17) is 27.9 Å². The zero-order valence-electron chi connectivity index (χ0n) is 13.3. The molecule has 0 unspecified atom stereocenters. The molecule has 1 fully saturated rings. The van der Waals surface area contributed by atoms with Crippen LogP contribution in [0.2, 0.25) is 10.0 Å². The molecule has 3 rings (SSSR count). The van der Waals surface area contributed by atoms with E-state index in [1.807, 2.05) is 6.07 Å². The molecule has 1 aliphatic heterocycles. The van der Waals surface area contributed by atoms with Crippen LogP contribution in [0.4, 0.5) is 11.4 Å². The lowest BCUT2D eigenvalue weighted by Crippen LogP contribution is -2.24. The van der Waals surface area contributed by atoms with Crippen molar-refractivity contribution in [1.29, 1.82) is 0 Å². The summed E-state index contributed by atoms with van der Waals surface area (Å²) in [6, 6.07) is 11.9. The molecule has 0 saturated carbocycles. The minimum atomic E-state index is -0.319. The van der Waals surface area contributed by atoms with Crippen LogP contribution in [0.5, 0.6) is 5.75 Å². The van der Waals surface area contributed by atoms with Crippen LogP contribution in [0.3, 0.4) is 0 Å². The molecule has 1 aliphatic rings. The van der Waals surface area contributed by atoms with Gasteiger partial charge in [-0.25, -0.2) is 0 Å². The summed E-state index contributed by atoms with van der Waals surface area (Å²) in [6.07, 6.45) is 1.41. The molecule has 1 saturated heterocycles. The van der Waals surface area contributed by atoms with Gasteiger partial charge in [0, 0.05) is 34.4 Å². The summed E-state index contributed by atoms with van der Waals surface area (Å²) < 4.78 is 5.40. The Labute approximate surface area is 155 Å². The van der Waals surface area contributed by atoms with E-state index in [-0.39, 0.29) is 18.4 Å². The molecule has 130 valence electrons. The van der Waals surface area contributed by atoms with Crippen LogP contribution >= 0.6 is 23.2 Å². The number of benzene rings is 2. The predicted octanol–water partition coefficient (Wildman–Crippen LogP) is 4.14. The summed E-state index contributed by atoms with van der Waals surface area (Å²) in [7, 11) is 0. The molecule has 0 atom stereocenters.